The van der Waals surface area contributed by atoms with Crippen molar-refractivity contribution in [1.82, 2.24) is 15.6 Å². The molecule has 3 aromatic rings. The molecule has 1 aliphatic rings. The molecule has 0 radical (unpaired) electrons. The Kier molecular flexibility index (Phi) is 7.29. The molecule has 0 unspecified atom stereocenters. The fraction of sp³-hybridized carbons (Fsp3) is 0.310. The predicted molar refractivity (Wildman–Crippen MR) is 141 cm³/mol. The zero-order chi connectivity index (χ0) is 26.7. The molecule has 2 aromatic carbocycles. The van der Waals surface area contributed by atoms with Crippen LogP contribution in [0.15, 0.2) is 65.9 Å². The zero-order valence-corrected chi connectivity index (χ0v) is 21.4. The van der Waals surface area contributed by atoms with E-state index >= 15 is 0 Å². The molecule has 0 spiro atoms. The molecule has 1 aliphatic carbocycles. The maximum absolute atomic E-state index is 13.2. The van der Waals surface area contributed by atoms with Gasteiger partial charge in [-0.2, -0.15) is 0 Å². The van der Waals surface area contributed by atoms with Gasteiger partial charge < -0.3 is 20.4 Å². The van der Waals surface area contributed by atoms with Gasteiger partial charge in [0.2, 0.25) is 5.91 Å². The molecular formula is C29H31N3O5. The van der Waals surface area contributed by atoms with Crippen LogP contribution in [0.5, 0.6) is 0 Å². The predicted octanol–water partition coefficient (Wildman–Crippen LogP) is 4.51. The van der Waals surface area contributed by atoms with E-state index in [4.69, 9.17) is 4.74 Å². The van der Waals surface area contributed by atoms with Crippen LogP contribution in [0.2, 0.25) is 0 Å². The van der Waals surface area contributed by atoms with Crippen molar-refractivity contribution in [2.45, 2.75) is 52.2 Å². The third-order valence-electron chi connectivity index (χ3n) is 6.26. The molecule has 2 amide bonds. The van der Waals surface area contributed by atoms with Crippen LogP contribution in [0.4, 0.5) is 4.79 Å². The molecule has 1 atom stereocenters. The summed E-state index contributed by atoms with van der Waals surface area (Å²) >= 11 is 0. The van der Waals surface area contributed by atoms with Crippen molar-refractivity contribution in [1.29, 1.82) is 0 Å². The lowest BCUT2D eigenvalue weighted by Gasteiger charge is -2.23. The Balaban J connectivity index is 1.47. The summed E-state index contributed by atoms with van der Waals surface area (Å²) in [5.41, 5.74) is 2.63. The van der Waals surface area contributed by atoms with Gasteiger partial charge in [-0.15, -0.1) is 0 Å². The number of H-pyrrole nitrogens is 1. The molecule has 1 heterocycles. The van der Waals surface area contributed by atoms with Gasteiger partial charge in [0, 0.05) is 52.3 Å². The van der Waals surface area contributed by atoms with Crippen LogP contribution in [0, 0.1) is 0 Å². The summed E-state index contributed by atoms with van der Waals surface area (Å²) in [5, 5.41) is 6.46. The second kappa shape index (κ2) is 10.4. The normalized spacial score (nSPS) is 14.4. The standard InChI is InChI=1S/C29H31N3O5/c1-17-19(26(34)22-11-6-5-10-21(22)25(17)33)13-14-30-27(35)24(32-28(36)37-29(2,3)4)15-18-16-31-23-12-8-7-9-20(18)23/h5-12,16,24,31H,13-15H2,1-4H3,(H,30,35)(H,32,36)/t24-/m1/s1. The van der Waals surface area contributed by atoms with Crippen LogP contribution in [0.25, 0.3) is 10.9 Å². The number of hydrogen-bond donors (Lipinski definition) is 3. The molecule has 1 aromatic heterocycles. The first kappa shape index (κ1) is 25.9. The number of carbonyl (C=O) groups is 4. The van der Waals surface area contributed by atoms with Crippen LogP contribution in [0.1, 0.15) is 60.4 Å². The van der Waals surface area contributed by atoms with Crippen molar-refractivity contribution in [3.8, 4) is 0 Å². The highest BCUT2D eigenvalue weighted by Gasteiger charge is 2.30. The Hall–Kier alpha value is -4.20. The number of rotatable bonds is 7. The number of amides is 2. The molecular weight excluding hydrogens is 470 g/mol. The van der Waals surface area contributed by atoms with E-state index in [0.717, 1.165) is 16.5 Å². The highest BCUT2D eigenvalue weighted by Crippen LogP contribution is 2.27. The first-order chi connectivity index (χ1) is 17.5. The minimum atomic E-state index is -0.909. The first-order valence-electron chi connectivity index (χ1n) is 12.3. The fourth-order valence-electron chi connectivity index (χ4n) is 4.47. The van der Waals surface area contributed by atoms with E-state index in [0.29, 0.717) is 22.3 Å². The number of allylic oxidation sites excluding steroid dienone is 1. The van der Waals surface area contributed by atoms with Crippen LogP contribution >= 0.6 is 0 Å². The molecule has 4 rings (SSSR count). The van der Waals surface area contributed by atoms with Gasteiger partial charge in [0.05, 0.1) is 0 Å². The second-order valence-electron chi connectivity index (χ2n) is 10.1. The monoisotopic (exact) mass is 501 g/mol. The minimum Gasteiger partial charge on any atom is -0.444 e. The number of benzene rings is 2. The lowest BCUT2D eigenvalue weighted by atomic mass is 9.83. The molecule has 0 saturated heterocycles. The van der Waals surface area contributed by atoms with Gasteiger partial charge >= 0.3 is 6.09 Å². The number of nitrogens with one attached hydrogen (secondary N) is 3. The van der Waals surface area contributed by atoms with Gasteiger partial charge in [-0.1, -0.05) is 42.5 Å². The Morgan fingerprint density at radius 3 is 2.32 bits per heavy atom. The Morgan fingerprint density at radius 1 is 0.973 bits per heavy atom. The summed E-state index contributed by atoms with van der Waals surface area (Å²) in [7, 11) is 0. The Morgan fingerprint density at radius 2 is 1.62 bits per heavy atom. The number of Topliss-reactive ketones (excluding diaryl/α,β-unsaturated/α-hetero) is 2. The molecule has 192 valence electrons. The van der Waals surface area contributed by atoms with Crippen LogP contribution in [0.3, 0.4) is 0 Å². The fourth-order valence-corrected chi connectivity index (χ4v) is 4.47. The molecule has 37 heavy (non-hydrogen) atoms. The minimum absolute atomic E-state index is 0.132. The van der Waals surface area contributed by atoms with Gasteiger partial charge in [-0.05, 0) is 45.7 Å². The SMILES string of the molecule is CC1=C(CCNC(=O)[C@@H](Cc2c[nH]c3ccccc23)NC(=O)OC(C)(C)C)C(=O)c2ccccc2C1=O. The average Bonchev–Trinajstić information content (AvgIpc) is 3.26. The van der Waals surface area contributed by atoms with E-state index in [1.54, 1.807) is 52.0 Å². The van der Waals surface area contributed by atoms with Crippen molar-refractivity contribution in [2.75, 3.05) is 6.54 Å². The number of ether oxygens (including phenoxy) is 1. The number of para-hydroxylation sites is 1. The number of ketones is 2. The Bertz CT molecular complexity index is 1410. The number of fused-ring (bicyclic) bond motifs is 2. The molecule has 0 saturated carbocycles. The number of aromatic nitrogens is 1. The van der Waals surface area contributed by atoms with Crippen LogP contribution in [-0.4, -0.2) is 46.7 Å². The number of aromatic amines is 1. The van der Waals surface area contributed by atoms with Crippen molar-refractivity contribution < 1.29 is 23.9 Å². The maximum Gasteiger partial charge on any atom is 0.408 e. The van der Waals surface area contributed by atoms with E-state index in [1.807, 2.05) is 30.5 Å². The summed E-state index contributed by atoms with van der Waals surface area (Å²) in [6.45, 7) is 7.01. The van der Waals surface area contributed by atoms with Gasteiger partial charge in [0.1, 0.15) is 11.6 Å². The van der Waals surface area contributed by atoms with E-state index in [1.165, 1.54) is 0 Å². The van der Waals surface area contributed by atoms with Crippen molar-refractivity contribution >= 4 is 34.5 Å². The maximum atomic E-state index is 13.2. The van der Waals surface area contributed by atoms with Gasteiger partial charge in [0.25, 0.3) is 0 Å². The second-order valence-corrected chi connectivity index (χ2v) is 10.1. The third kappa shape index (κ3) is 5.80. The molecule has 0 fully saturated rings. The molecule has 0 aliphatic heterocycles. The number of hydrogen-bond acceptors (Lipinski definition) is 5. The summed E-state index contributed by atoms with van der Waals surface area (Å²) in [6.07, 6.45) is 1.56. The number of carbonyl (C=O) groups excluding carboxylic acids is 4. The van der Waals surface area contributed by atoms with E-state index in [2.05, 4.69) is 15.6 Å². The molecule has 3 N–H and O–H groups in total. The summed E-state index contributed by atoms with van der Waals surface area (Å²) in [6, 6.07) is 13.5. The summed E-state index contributed by atoms with van der Waals surface area (Å²) in [4.78, 5) is 54.6. The molecule has 8 heteroatoms. The topological polar surface area (TPSA) is 117 Å². The lowest BCUT2D eigenvalue weighted by molar-refractivity contribution is -0.123. The highest BCUT2D eigenvalue weighted by molar-refractivity contribution is 6.26. The third-order valence-corrected chi connectivity index (χ3v) is 6.26. The first-order valence-corrected chi connectivity index (χ1v) is 12.3. The smallest absolute Gasteiger partial charge is 0.408 e. The summed E-state index contributed by atoms with van der Waals surface area (Å²) < 4.78 is 5.37. The van der Waals surface area contributed by atoms with Crippen molar-refractivity contribution in [3.05, 3.63) is 82.6 Å². The van der Waals surface area contributed by atoms with Crippen molar-refractivity contribution in [2.24, 2.45) is 0 Å². The largest absolute Gasteiger partial charge is 0.444 e. The quantitative estimate of drug-likeness (QED) is 0.441. The van der Waals surface area contributed by atoms with Gasteiger partial charge in [-0.25, -0.2) is 4.79 Å². The zero-order valence-electron chi connectivity index (χ0n) is 21.4. The van der Waals surface area contributed by atoms with Gasteiger partial charge in [-0.3, -0.25) is 14.4 Å². The summed E-state index contributed by atoms with van der Waals surface area (Å²) in [5.74, 6) is -0.797. The van der Waals surface area contributed by atoms with Crippen LogP contribution < -0.4 is 10.6 Å². The highest BCUT2D eigenvalue weighted by atomic mass is 16.6. The Labute approximate surface area is 215 Å². The molecule has 0 bridgehead atoms. The number of alkyl carbamates (subject to hydrolysis) is 1. The molecule has 8 nitrogen and oxygen atoms in total. The lowest BCUT2D eigenvalue weighted by Crippen LogP contribution is -2.49. The van der Waals surface area contributed by atoms with Gasteiger partial charge in [0.15, 0.2) is 11.6 Å². The van der Waals surface area contributed by atoms with E-state index < -0.39 is 23.6 Å². The van der Waals surface area contributed by atoms with Crippen molar-refractivity contribution in [3.63, 3.8) is 0 Å². The average molecular weight is 502 g/mol. The van der Waals surface area contributed by atoms with E-state index in [9.17, 15) is 19.2 Å². The van der Waals surface area contributed by atoms with Crippen LogP contribution in [-0.2, 0) is 16.0 Å². The van der Waals surface area contributed by atoms with E-state index in [-0.39, 0.29) is 31.0 Å².